The number of aliphatic hydroxyl groups is 1. The molecule has 0 spiro atoms. The van der Waals surface area contributed by atoms with E-state index < -0.39 is 97.5 Å². The molecule has 0 fully saturated rings. The van der Waals surface area contributed by atoms with E-state index in [1.165, 1.54) is 128 Å². The van der Waals surface area contributed by atoms with Gasteiger partial charge in [-0.25, -0.2) is 9.13 Å². The summed E-state index contributed by atoms with van der Waals surface area (Å²) in [6.07, 6.45) is 51.2. The van der Waals surface area contributed by atoms with Crippen LogP contribution in [0.25, 0.3) is 0 Å². The van der Waals surface area contributed by atoms with Gasteiger partial charge in [0, 0.05) is 25.7 Å². The zero-order valence-corrected chi connectivity index (χ0v) is 61.3. The van der Waals surface area contributed by atoms with Crippen LogP contribution in [0.4, 0.5) is 0 Å². The van der Waals surface area contributed by atoms with Crippen LogP contribution in [0.1, 0.15) is 344 Å². The number of unbranched alkanes of at least 4 members (excludes halogenated alkanes) is 34. The Hall–Kier alpha value is -2.46. The van der Waals surface area contributed by atoms with E-state index in [1.807, 2.05) is 0 Å². The molecule has 0 aliphatic carbocycles. The third kappa shape index (κ3) is 66.2. The van der Waals surface area contributed by atoms with E-state index in [4.69, 9.17) is 37.0 Å². The van der Waals surface area contributed by atoms with Gasteiger partial charge in [-0.1, -0.05) is 291 Å². The number of rotatable bonds is 69. The van der Waals surface area contributed by atoms with Gasteiger partial charge in [0.15, 0.2) is 12.2 Å². The second-order valence-corrected chi connectivity index (χ2v) is 30.0. The zero-order valence-electron chi connectivity index (χ0n) is 59.5. The molecular formula is C73H138O17P2. The highest BCUT2D eigenvalue weighted by molar-refractivity contribution is 7.47. The summed E-state index contributed by atoms with van der Waals surface area (Å²) in [5, 5.41) is 10.6. The lowest BCUT2D eigenvalue weighted by atomic mass is 10.0. The summed E-state index contributed by atoms with van der Waals surface area (Å²) in [7, 11) is -9.91. The van der Waals surface area contributed by atoms with Gasteiger partial charge in [0.05, 0.1) is 26.4 Å². The van der Waals surface area contributed by atoms with Crippen molar-refractivity contribution in [2.45, 2.75) is 362 Å². The van der Waals surface area contributed by atoms with Crippen LogP contribution >= 0.6 is 15.6 Å². The smallest absolute Gasteiger partial charge is 0.462 e. The van der Waals surface area contributed by atoms with E-state index in [-0.39, 0.29) is 25.7 Å². The minimum Gasteiger partial charge on any atom is -0.462 e. The highest BCUT2D eigenvalue weighted by Crippen LogP contribution is 2.45. The maximum absolute atomic E-state index is 13.0. The first-order valence-corrected chi connectivity index (χ1v) is 40.2. The molecule has 0 saturated heterocycles. The topological polar surface area (TPSA) is 237 Å². The monoisotopic (exact) mass is 1350 g/mol. The Morgan fingerprint density at radius 3 is 0.880 bits per heavy atom. The molecule has 0 aromatic carbocycles. The number of ether oxygens (including phenoxy) is 4. The van der Waals surface area contributed by atoms with Crippen molar-refractivity contribution in [1.29, 1.82) is 0 Å². The molecule has 0 aliphatic heterocycles. The highest BCUT2D eigenvalue weighted by atomic mass is 31.2. The van der Waals surface area contributed by atoms with Gasteiger partial charge < -0.3 is 33.8 Å². The third-order valence-corrected chi connectivity index (χ3v) is 18.2. The molecule has 0 heterocycles. The molecule has 0 aromatic heterocycles. The van der Waals surface area contributed by atoms with E-state index in [0.29, 0.717) is 37.5 Å². The van der Waals surface area contributed by atoms with E-state index in [9.17, 15) is 43.2 Å². The van der Waals surface area contributed by atoms with Crippen molar-refractivity contribution in [1.82, 2.24) is 0 Å². The number of carbonyl (C=O) groups is 4. The average Bonchev–Trinajstić information content (AvgIpc) is 2.73. The Labute approximate surface area is 561 Å². The Morgan fingerprint density at radius 2 is 0.587 bits per heavy atom. The molecule has 3 N–H and O–H groups in total. The fourth-order valence-electron chi connectivity index (χ4n) is 10.5. The van der Waals surface area contributed by atoms with Gasteiger partial charge in [-0.15, -0.1) is 0 Å². The number of carbonyl (C=O) groups excluding carboxylic acids is 4. The third-order valence-electron chi connectivity index (χ3n) is 16.3. The van der Waals surface area contributed by atoms with Gasteiger partial charge >= 0.3 is 39.5 Å². The Kier molecular flexibility index (Phi) is 61.6. The summed E-state index contributed by atoms with van der Waals surface area (Å²) >= 11 is 0. The van der Waals surface area contributed by atoms with Crippen LogP contribution in [-0.2, 0) is 65.4 Å². The van der Waals surface area contributed by atoms with Crippen molar-refractivity contribution in [2.75, 3.05) is 39.6 Å². The molecular weight excluding hydrogens is 1210 g/mol. The fraction of sp³-hybridized carbons (Fsp3) is 0.890. The Bertz CT molecular complexity index is 1890. The van der Waals surface area contributed by atoms with Crippen LogP contribution in [-0.4, -0.2) is 96.7 Å². The number of hydrogen-bond donors (Lipinski definition) is 3. The zero-order chi connectivity index (χ0) is 68.0. The van der Waals surface area contributed by atoms with Crippen LogP contribution < -0.4 is 0 Å². The first-order chi connectivity index (χ1) is 44.2. The van der Waals surface area contributed by atoms with Gasteiger partial charge in [0.1, 0.15) is 19.3 Å². The summed E-state index contributed by atoms with van der Waals surface area (Å²) < 4.78 is 68.2. The number of aliphatic hydroxyl groups excluding tert-OH is 1. The van der Waals surface area contributed by atoms with Gasteiger partial charge in [-0.3, -0.25) is 37.3 Å². The Morgan fingerprint density at radius 1 is 0.337 bits per heavy atom. The van der Waals surface area contributed by atoms with Crippen LogP contribution in [0.5, 0.6) is 0 Å². The molecule has 2 unspecified atom stereocenters. The summed E-state index contributed by atoms with van der Waals surface area (Å²) in [6.45, 7) is 11.6. The van der Waals surface area contributed by atoms with Gasteiger partial charge in [-0.2, -0.15) is 0 Å². The van der Waals surface area contributed by atoms with E-state index in [1.54, 1.807) is 0 Å². The molecule has 0 aliphatic rings. The van der Waals surface area contributed by atoms with Crippen molar-refractivity contribution in [2.24, 2.45) is 17.8 Å². The number of esters is 4. The first kappa shape index (κ1) is 89.5. The van der Waals surface area contributed by atoms with Crippen molar-refractivity contribution in [3.8, 4) is 0 Å². The standard InChI is InChI=1S/C73H138O17P2/c1-8-9-10-11-12-13-14-15-18-22-25-28-31-40-47-54-70(75)83-60-68(89-72(77)56-49-42-32-29-26-23-20-17-16-19-21-24-27-30-37-44-51-64(2)3)62-87-91(79,80)85-58-67(74)59-86-92(81,82)88-63-69(90-73(78)57-50-43-36-34-39-46-53-66(6)7)61-84-71(76)55-48-41-35-33-38-45-52-65(4)5/h13-15,18,64-69,74H,8-12,16-17,19-63H2,1-7H3,(H,79,80)(H,81,82)/b14-13-,18-15-/t67-,68-,69-/m1/s1. The van der Waals surface area contributed by atoms with E-state index in [0.717, 1.165) is 121 Å². The van der Waals surface area contributed by atoms with Crippen molar-refractivity contribution >= 4 is 39.5 Å². The molecule has 0 rings (SSSR count). The number of phosphoric ester groups is 2. The van der Waals surface area contributed by atoms with E-state index in [2.05, 4.69) is 72.8 Å². The number of allylic oxidation sites excluding steroid dienone is 4. The van der Waals surface area contributed by atoms with Crippen molar-refractivity contribution in [3.05, 3.63) is 24.3 Å². The molecule has 0 bridgehead atoms. The number of phosphoric acid groups is 2. The van der Waals surface area contributed by atoms with Crippen molar-refractivity contribution < 1.29 is 80.2 Å². The van der Waals surface area contributed by atoms with Crippen LogP contribution in [0.15, 0.2) is 24.3 Å². The molecule has 19 heteroatoms. The molecule has 92 heavy (non-hydrogen) atoms. The quantitative estimate of drug-likeness (QED) is 0.0169. The summed E-state index contributed by atoms with van der Waals surface area (Å²) in [6, 6.07) is 0. The maximum atomic E-state index is 13.0. The summed E-state index contributed by atoms with van der Waals surface area (Å²) in [5.74, 6) is -0.00713. The minimum absolute atomic E-state index is 0.0985. The molecule has 17 nitrogen and oxygen atoms in total. The molecule has 0 aromatic rings. The molecule has 0 amide bonds. The molecule has 0 saturated carbocycles. The lowest BCUT2D eigenvalue weighted by Crippen LogP contribution is -2.30. The van der Waals surface area contributed by atoms with E-state index >= 15 is 0 Å². The van der Waals surface area contributed by atoms with Gasteiger partial charge in [0.2, 0.25) is 0 Å². The maximum Gasteiger partial charge on any atom is 0.472 e. The average molecular weight is 1350 g/mol. The van der Waals surface area contributed by atoms with Crippen molar-refractivity contribution in [3.63, 3.8) is 0 Å². The predicted octanol–water partition coefficient (Wildman–Crippen LogP) is 20.6. The van der Waals surface area contributed by atoms with Crippen LogP contribution in [0.3, 0.4) is 0 Å². The number of hydrogen-bond acceptors (Lipinski definition) is 15. The second-order valence-electron chi connectivity index (χ2n) is 27.1. The predicted molar refractivity (Wildman–Crippen MR) is 372 cm³/mol. The SMILES string of the molecule is CCCCCC/C=C\C=C/CCCCCCCC(=O)OC[C@H](COP(=O)(O)OC[C@@H](O)COP(=O)(O)OC[C@@H](COC(=O)CCCCCCCCC(C)C)OC(=O)CCCCCCCCC(C)C)OC(=O)CCCCCCCCCCCCCCCCCCC(C)C. The lowest BCUT2D eigenvalue weighted by molar-refractivity contribution is -0.161. The molecule has 5 atom stereocenters. The normalized spacial score (nSPS) is 14.3. The first-order valence-electron chi connectivity index (χ1n) is 37.2. The molecule has 0 radical (unpaired) electrons. The Balaban J connectivity index is 5.24. The van der Waals surface area contributed by atoms with Crippen LogP contribution in [0, 0.1) is 17.8 Å². The molecule has 542 valence electrons. The van der Waals surface area contributed by atoms with Crippen LogP contribution in [0.2, 0.25) is 0 Å². The lowest BCUT2D eigenvalue weighted by Gasteiger charge is -2.21. The minimum atomic E-state index is -4.96. The van der Waals surface area contributed by atoms with Gasteiger partial charge in [-0.05, 0) is 69.1 Å². The fourth-order valence-corrected chi connectivity index (χ4v) is 12.1. The summed E-state index contributed by atoms with van der Waals surface area (Å²) in [5.41, 5.74) is 0. The largest absolute Gasteiger partial charge is 0.472 e. The second kappa shape index (κ2) is 63.3. The summed E-state index contributed by atoms with van der Waals surface area (Å²) in [4.78, 5) is 72.5. The highest BCUT2D eigenvalue weighted by Gasteiger charge is 2.30. The van der Waals surface area contributed by atoms with Gasteiger partial charge in [0.25, 0.3) is 0 Å².